The van der Waals surface area contributed by atoms with E-state index in [1.165, 1.54) is 0 Å². The van der Waals surface area contributed by atoms with Gasteiger partial charge in [-0.1, -0.05) is 13.8 Å². The van der Waals surface area contributed by atoms with Crippen LogP contribution in [0.25, 0.3) is 0 Å². The molecule has 0 heterocycles. The second-order valence-electron chi connectivity index (χ2n) is 2.65. The van der Waals surface area contributed by atoms with Gasteiger partial charge in [0.1, 0.15) is 12.4 Å². The van der Waals surface area contributed by atoms with E-state index in [2.05, 4.69) is 0 Å². The van der Waals surface area contributed by atoms with Crippen LogP contribution in [0.2, 0.25) is 0 Å². The van der Waals surface area contributed by atoms with Crippen molar-refractivity contribution >= 4 is 11.6 Å². The highest BCUT2D eigenvalue weighted by Gasteiger charge is 2.13. The van der Waals surface area contributed by atoms with Crippen molar-refractivity contribution in [1.29, 1.82) is 0 Å². The summed E-state index contributed by atoms with van der Waals surface area (Å²) in [5.41, 5.74) is 0. The van der Waals surface area contributed by atoms with Crippen molar-refractivity contribution in [2.75, 3.05) is 6.61 Å². The Balaban J connectivity index is 3.77. The van der Waals surface area contributed by atoms with E-state index in [0.717, 1.165) is 6.42 Å². The van der Waals surface area contributed by atoms with Gasteiger partial charge in [0.05, 0.1) is 6.42 Å². The molecule has 64 valence electrons. The maximum atomic E-state index is 11.0. The van der Waals surface area contributed by atoms with E-state index in [-0.39, 0.29) is 18.1 Å². The lowest BCUT2D eigenvalue weighted by atomic mass is 10.00. The van der Waals surface area contributed by atoms with Crippen molar-refractivity contribution in [2.24, 2.45) is 5.92 Å². The summed E-state index contributed by atoms with van der Waals surface area (Å²) in [6.45, 7) is 3.15. The number of aliphatic hydroxyl groups is 1. The van der Waals surface area contributed by atoms with Crippen LogP contribution < -0.4 is 0 Å². The first-order valence-electron chi connectivity index (χ1n) is 3.77. The summed E-state index contributed by atoms with van der Waals surface area (Å²) in [5, 5.41) is 8.34. The fraction of sp³-hybridized carbons (Fsp3) is 0.750. The molecule has 1 unspecified atom stereocenters. The van der Waals surface area contributed by atoms with Crippen molar-refractivity contribution < 1.29 is 14.7 Å². The summed E-state index contributed by atoms with van der Waals surface area (Å²) < 4.78 is 0. The molecule has 11 heavy (non-hydrogen) atoms. The quantitative estimate of drug-likeness (QED) is 0.594. The molecule has 0 aromatic heterocycles. The van der Waals surface area contributed by atoms with Crippen LogP contribution in [-0.4, -0.2) is 23.3 Å². The van der Waals surface area contributed by atoms with Gasteiger partial charge >= 0.3 is 0 Å². The molecule has 1 N–H and O–H groups in total. The Morgan fingerprint density at radius 3 is 2.36 bits per heavy atom. The maximum absolute atomic E-state index is 11.0. The minimum Gasteiger partial charge on any atom is -0.389 e. The number of hydrogen-bond donors (Lipinski definition) is 1. The van der Waals surface area contributed by atoms with Gasteiger partial charge in [0.25, 0.3) is 0 Å². The van der Waals surface area contributed by atoms with Gasteiger partial charge in [0.15, 0.2) is 5.78 Å². The van der Waals surface area contributed by atoms with E-state index in [4.69, 9.17) is 5.11 Å². The number of hydrogen-bond acceptors (Lipinski definition) is 3. The molecule has 0 aromatic rings. The normalized spacial score (nSPS) is 12.6. The molecule has 0 aliphatic rings. The predicted octanol–water partition coefficient (Wildman–Crippen LogP) is 0.553. The monoisotopic (exact) mass is 158 g/mol. The highest BCUT2D eigenvalue weighted by molar-refractivity contribution is 6.00. The highest BCUT2D eigenvalue weighted by Crippen LogP contribution is 2.04. The van der Waals surface area contributed by atoms with Gasteiger partial charge in [-0.3, -0.25) is 9.59 Å². The lowest BCUT2D eigenvalue weighted by Gasteiger charge is -2.04. The van der Waals surface area contributed by atoms with Crippen LogP contribution in [-0.2, 0) is 9.59 Å². The summed E-state index contributed by atoms with van der Waals surface area (Å²) in [7, 11) is 0. The molecule has 0 spiro atoms. The number of rotatable bonds is 5. The third kappa shape index (κ3) is 3.88. The van der Waals surface area contributed by atoms with E-state index < -0.39 is 12.4 Å². The van der Waals surface area contributed by atoms with Gasteiger partial charge in [-0.25, -0.2) is 0 Å². The van der Waals surface area contributed by atoms with E-state index in [1.807, 2.05) is 6.92 Å². The van der Waals surface area contributed by atoms with Crippen LogP contribution in [0.5, 0.6) is 0 Å². The Morgan fingerprint density at radius 1 is 1.45 bits per heavy atom. The zero-order valence-corrected chi connectivity index (χ0v) is 6.96. The average molecular weight is 158 g/mol. The van der Waals surface area contributed by atoms with Gasteiger partial charge in [-0.05, 0) is 6.42 Å². The molecule has 0 amide bonds. The first kappa shape index (κ1) is 10.3. The fourth-order valence-corrected chi connectivity index (χ4v) is 0.652. The molecule has 0 fully saturated rings. The van der Waals surface area contributed by atoms with Crippen LogP contribution in [0.15, 0.2) is 0 Å². The number of aliphatic hydroxyl groups excluding tert-OH is 1. The lowest BCUT2D eigenvalue weighted by Crippen LogP contribution is -2.16. The SMILES string of the molecule is CCC(C)C(=O)CC(=O)CO. The summed E-state index contributed by atoms with van der Waals surface area (Å²) >= 11 is 0. The minimum atomic E-state index is -0.526. The molecule has 0 saturated heterocycles. The predicted molar refractivity (Wildman–Crippen MR) is 41.2 cm³/mol. The number of carbonyl (C=O) groups excluding carboxylic acids is 2. The molecular formula is C8H14O3. The first-order chi connectivity index (χ1) is 5.11. The molecular weight excluding hydrogens is 144 g/mol. The molecule has 0 bridgehead atoms. The zero-order valence-electron chi connectivity index (χ0n) is 6.96. The van der Waals surface area contributed by atoms with Gasteiger partial charge in [-0.15, -0.1) is 0 Å². The molecule has 0 aliphatic heterocycles. The van der Waals surface area contributed by atoms with Gasteiger partial charge in [0, 0.05) is 5.92 Å². The van der Waals surface area contributed by atoms with Crippen molar-refractivity contribution in [1.82, 2.24) is 0 Å². The van der Waals surface area contributed by atoms with Crippen LogP contribution in [0.3, 0.4) is 0 Å². The molecule has 3 heteroatoms. The van der Waals surface area contributed by atoms with Crippen LogP contribution in [0.4, 0.5) is 0 Å². The molecule has 0 aromatic carbocycles. The molecule has 1 atom stereocenters. The Morgan fingerprint density at radius 2 is 2.00 bits per heavy atom. The van der Waals surface area contributed by atoms with Crippen molar-refractivity contribution in [3.63, 3.8) is 0 Å². The van der Waals surface area contributed by atoms with Crippen LogP contribution in [0.1, 0.15) is 26.7 Å². The first-order valence-corrected chi connectivity index (χ1v) is 3.77. The number of carbonyl (C=O) groups is 2. The largest absolute Gasteiger partial charge is 0.389 e. The summed E-state index contributed by atoms with van der Waals surface area (Å²) in [6.07, 6.45) is 0.628. The van der Waals surface area contributed by atoms with E-state index in [9.17, 15) is 9.59 Å². The summed E-state index contributed by atoms with van der Waals surface area (Å²) in [4.78, 5) is 21.6. The third-order valence-electron chi connectivity index (χ3n) is 1.71. The zero-order chi connectivity index (χ0) is 8.85. The smallest absolute Gasteiger partial charge is 0.165 e. The summed E-state index contributed by atoms with van der Waals surface area (Å²) in [5.74, 6) is -0.535. The van der Waals surface area contributed by atoms with Crippen molar-refractivity contribution in [3.05, 3.63) is 0 Å². The minimum absolute atomic E-state index is 0.0644. The van der Waals surface area contributed by atoms with E-state index >= 15 is 0 Å². The van der Waals surface area contributed by atoms with Gasteiger partial charge < -0.3 is 5.11 Å². The Bertz CT molecular complexity index is 151. The van der Waals surface area contributed by atoms with E-state index in [0.29, 0.717) is 0 Å². The van der Waals surface area contributed by atoms with Crippen molar-refractivity contribution in [3.8, 4) is 0 Å². The summed E-state index contributed by atoms with van der Waals surface area (Å²) in [6, 6.07) is 0. The fourth-order valence-electron chi connectivity index (χ4n) is 0.652. The lowest BCUT2D eigenvalue weighted by molar-refractivity contribution is -0.130. The third-order valence-corrected chi connectivity index (χ3v) is 1.71. The topological polar surface area (TPSA) is 54.4 Å². The molecule has 0 aliphatic carbocycles. The Hall–Kier alpha value is -0.700. The van der Waals surface area contributed by atoms with Crippen LogP contribution >= 0.6 is 0 Å². The number of Topliss-reactive ketones (excluding diaryl/α,β-unsaturated/α-hetero) is 2. The molecule has 0 saturated carbocycles. The van der Waals surface area contributed by atoms with Crippen LogP contribution in [0, 0.1) is 5.92 Å². The molecule has 0 radical (unpaired) electrons. The maximum Gasteiger partial charge on any atom is 0.165 e. The average Bonchev–Trinajstić information content (AvgIpc) is 2.02. The standard InChI is InChI=1S/C8H14O3/c1-3-6(2)8(11)4-7(10)5-9/h6,9H,3-5H2,1-2H3. The second kappa shape index (κ2) is 5.02. The Labute approximate surface area is 66.4 Å². The molecule has 3 nitrogen and oxygen atoms in total. The van der Waals surface area contributed by atoms with Gasteiger partial charge in [-0.2, -0.15) is 0 Å². The van der Waals surface area contributed by atoms with Gasteiger partial charge in [0.2, 0.25) is 0 Å². The highest BCUT2D eigenvalue weighted by atomic mass is 16.3. The Kier molecular flexibility index (Phi) is 4.70. The van der Waals surface area contributed by atoms with E-state index in [1.54, 1.807) is 6.92 Å². The number of ketones is 2. The van der Waals surface area contributed by atoms with Crippen molar-refractivity contribution in [2.45, 2.75) is 26.7 Å². The second-order valence-corrected chi connectivity index (χ2v) is 2.65. The molecule has 0 rings (SSSR count).